The molecule has 0 bridgehead atoms. The molecule has 0 fully saturated rings. The Morgan fingerprint density at radius 2 is 2.29 bits per heavy atom. The van der Waals surface area contributed by atoms with Crippen LogP contribution >= 0.6 is 0 Å². The number of carbonyl (C=O) groups is 1. The van der Waals surface area contributed by atoms with E-state index in [1.807, 2.05) is 13.8 Å². The van der Waals surface area contributed by atoms with Gasteiger partial charge in [-0.25, -0.2) is 0 Å². The summed E-state index contributed by atoms with van der Waals surface area (Å²) in [5.74, 6) is -0.220. The molecule has 0 aromatic carbocycles. The lowest BCUT2D eigenvalue weighted by Gasteiger charge is -2.06. The van der Waals surface area contributed by atoms with Crippen LogP contribution in [0.3, 0.4) is 0 Å². The highest BCUT2D eigenvalue weighted by atomic mass is 16.5. The molecule has 14 heavy (non-hydrogen) atoms. The van der Waals surface area contributed by atoms with Crippen LogP contribution in [0.1, 0.15) is 29.9 Å². The molecule has 1 aromatic rings. The number of carbonyl (C=O) groups excluding carboxylic acids is 1. The first-order valence-electron chi connectivity index (χ1n) is 4.31. The van der Waals surface area contributed by atoms with E-state index in [0.717, 1.165) is 0 Å². The van der Waals surface area contributed by atoms with Crippen LogP contribution in [-0.2, 0) is 6.54 Å². The second-order valence-electron chi connectivity index (χ2n) is 3.21. The summed E-state index contributed by atoms with van der Waals surface area (Å²) >= 11 is 0. The lowest BCUT2D eigenvalue weighted by atomic mass is 10.2. The standard InChI is InChI=1S/C8H14N4O2/c1-4(2)11-8(13)6-5(3-9)7(10)14-12-6/h4H,3,9-10H2,1-2H3,(H,11,13). The maximum atomic E-state index is 11.5. The fourth-order valence-electron chi connectivity index (χ4n) is 1.03. The summed E-state index contributed by atoms with van der Waals surface area (Å²) < 4.78 is 4.68. The van der Waals surface area contributed by atoms with E-state index in [9.17, 15) is 4.79 Å². The zero-order chi connectivity index (χ0) is 10.7. The van der Waals surface area contributed by atoms with Gasteiger partial charge in [0.25, 0.3) is 5.91 Å². The van der Waals surface area contributed by atoms with Crippen LogP contribution in [0.5, 0.6) is 0 Å². The van der Waals surface area contributed by atoms with Gasteiger partial charge in [0.05, 0.1) is 5.56 Å². The van der Waals surface area contributed by atoms with Gasteiger partial charge in [0.1, 0.15) is 0 Å². The molecule has 1 rings (SSSR count). The van der Waals surface area contributed by atoms with Crippen LogP contribution < -0.4 is 16.8 Å². The van der Waals surface area contributed by atoms with Gasteiger partial charge in [0, 0.05) is 12.6 Å². The molecule has 1 heterocycles. The number of rotatable bonds is 3. The van der Waals surface area contributed by atoms with Crippen molar-refractivity contribution in [1.82, 2.24) is 10.5 Å². The number of nitrogens with two attached hydrogens (primary N) is 2. The first-order valence-corrected chi connectivity index (χ1v) is 4.31. The molecule has 0 spiro atoms. The van der Waals surface area contributed by atoms with E-state index in [2.05, 4.69) is 15.0 Å². The highest BCUT2D eigenvalue weighted by molar-refractivity contribution is 5.94. The Morgan fingerprint density at radius 1 is 1.64 bits per heavy atom. The van der Waals surface area contributed by atoms with E-state index in [4.69, 9.17) is 11.5 Å². The Hall–Kier alpha value is -1.56. The first kappa shape index (κ1) is 10.5. The molecule has 0 aliphatic heterocycles. The van der Waals surface area contributed by atoms with Crippen LogP contribution in [0, 0.1) is 0 Å². The van der Waals surface area contributed by atoms with E-state index < -0.39 is 0 Å². The molecule has 5 N–H and O–H groups in total. The van der Waals surface area contributed by atoms with Crippen molar-refractivity contribution in [3.8, 4) is 0 Å². The van der Waals surface area contributed by atoms with Crippen molar-refractivity contribution in [3.63, 3.8) is 0 Å². The third kappa shape index (κ3) is 2.02. The number of aromatic nitrogens is 1. The molecule has 0 radical (unpaired) electrons. The molecule has 1 amide bonds. The number of nitrogen functional groups attached to an aromatic ring is 1. The van der Waals surface area contributed by atoms with Crippen molar-refractivity contribution in [1.29, 1.82) is 0 Å². The van der Waals surface area contributed by atoms with Gasteiger partial charge < -0.3 is 21.3 Å². The van der Waals surface area contributed by atoms with E-state index in [-0.39, 0.29) is 30.1 Å². The lowest BCUT2D eigenvalue weighted by molar-refractivity contribution is 0.0933. The monoisotopic (exact) mass is 198 g/mol. The minimum absolute atomic E-state index is 0.0334. The Bertz CT molecular complexity index is 332. The van der Waals surface area contributed by atoms with Gasteiger partial charge in [-0.15, -0.1) is 0 Å². The van der Waals surface area contributed by atoms with Crippen LogP contribution in [-0.4, -0.2) is 17.1 Å². The van der Waals surface area contributed by atoms with Crippen LogP contribution in [0.4, 0.5) is 5.88 Å². The van der Waals surface area contributed by atoms with Gasteiger partial charge in [-0.05, 0) is 13.8 Å². The fraction of sp³-hybridized carbons (Fsp3) is 0.500. The topological polar surface area (TPSA) is 107 Å². The maximum absolute atomic E-state index is 11.5. The van der Waals surface area contributed by atoms with Gasteiger partial charge in [0.2, 0.25) is 5.88 Å². The smallest absolute Gasteiger partial charge is 0.274 e. The molecule has 6 heteroatoms. The molecule has 0 saturated carbocycles. The zero-order valence-electron chi connectivity index (χ0n) is 8.20. The highest BCUT2D eigenvalue weighted by Gasteiger charge is 2.19. The summed E-state index contributed by atoms with van der Waals surface area (Å²) in [4.78, 5) is 11.5. The third-order valence-electron chi connectivity index (χ3n) is 1.66. The van der Waals surface area contributed by atoms with E-state index >= 15 is 0 Å². The van der Waals surface area contributed by atoms with Crippen LogP contribution in [0.25, 0.3) is 0 Å². The fourth-order valence-corrected chi connectivity index (χ4v) is 1.03. The van der Waals surface area contributed by atoms with Crippen molar-refractivity contribution in [3.05, 3.63) is 11.3 Å². The zero-order valence-corrected chi connectivity index (χ0v) is 8.20. The summed E-state index contributed by atoms with van der Waals surface area (Å²) in [6.45, 7) is 3.84. The normalized spacial score (nSPS) is 10.6. The Kier molecular flexibility index (Phi) is 3.08. The molecule has 0 aliphatic rings. The summed E-state index contributed by atoms with van der Waals surface area (Å²) in [5.41, 5.74) is 11.4. The Morgan fingerprint density at radius 3 is 2.79 bits per heavy atom. The quantitative estimate of drug-likeness (QED) is 0.626. The molecular weight excluding hydrogens is 184 g/mol. The van der Waals surface area contributed by atoms with Crippen molar-refractivity contribution in [2.75, 3.05) is 5.73 Å². The molecule has 6 nitrogen and oxygen atoms in total. The average Bonchev–Trinajstić information content (AvgIpc) is 2.45. The van der Waals surface area contributed by atoms with Crippen molar-refractivity contribution in [2.45, 2.75) is 26.4 Å². The number of amides is 1. The number of anilines is 1. The highest BCUT2D eigenvalue weighted by Crippen LogP contribution is 2.15. The molecule has 0 saturated heterocycles. The van der Waals surface area contributed by atoms with Gasteiger partial charge in [-0.3, -0.25) is 4.79 Å². The van der Waals surface area contributed by atoms with Crippen LogP contribution in [0.2, 0.25) is 0 Å². The molecule has 0 atom stereocenters. The predicted molar refractivity (Wildman–Crippen MR) is 51.4 cm³/mol. The summed E-state index contributed by atoms with van der Waals surface area (Å²) in [5, 5.41) is 6.22. The van der Waals surface area contributed by atoms with E-state index in [1.165, 1.54) is 0 Å². The minimum atomic E-state index is -0.319. The van der Waals surface area contributed by atoms with Gasteiger partial charge >= 0.3 is 0 Å². The average molecular weight is 198 g/mol. The molecule has 0 aliphatic carbocycles. The van der Waals surface area contributed by atoms with Crippen LogP contribution in [0.15, 0.2) is 4.52 Å². The Labute approximate surface area is 81.6 Å². The summed E-state index contributed by atoms with van der Waals surface area (Å²) in [7, 11) is 0. The number of hydrogen-bond acceptors (Lipinski definition) is 5. The van der Waals surface area contributed by atoms with Gasteiger partial charge in [-0.2, -0.15) is 0 Å². The molecule has 1 aromatic heterocycles. The molecular formula is C8H14N4O2. The van der Waals surface area contributed by atoms with Crippen molar-refractivity contribution >= 4 is 11.8 Å². The first-order chi connectivity index (χ1) is 6.56. The second kappa shape index (κ2) is 4.10. The SMILES string of the molecule is CC(C)NC(=O)c1noc(N)c1CN. The third-order valence-corrected chi connectivity index (χ3v) is 1.66. The van der Waals surface area contributed by atoms with E-state index in [1.54, 1.807) is 0 Å². The Balaban J connectivity index is 2.89. The van der Waals surface area contributed by atoms with E-state index in [0.29, 0.717) is 5.56 Å². The predicted octanol–water partition coefficient (Wildman–Crippen LogP) is -0.146. The van der Waals surface area contributed by atoms with Crippen molar-refractivity contribution in [2.24, 2.45) is 5.73 Å². The number of nitrogens with zero attached hydrogens (tertiary/aromatic N) is 1. The van der Waals surface area contributed by atoms with Gasteiger partial charge in [-0.1, -0.05) is 5.16 Å². The largest absolute Gasteiger partial charge is 0.367 e. The summed E-state index contributed by atoms with van der Waals surface area (Å²) in [6, 6.07) is 0.0334. The van der Waals surface area contributed by atoms with Gasteiger partial charge in [0.15, 0.2) is 5.69 Å². The lowest BCUT2D eigenvalue weighted by Crippen LogP contribution is -2.31. The molecule has 0 unspecified atom stereocenters. The summed E-state index contributed by atoms with van der Waals surface area (Å²) in [6.07, 6.45) is 0. The molecule has 78 valence electrons. The van der Waals surface area contributed by atoms with Crippen molar-refractivity contribution < 1.29 is 9.32 Å². The maximum Gasteiger partial charge on any atom is 0.274 e. The minimum Gasteiger partial charge on any atom is -0.367 e. The number of hydrogen-bond donors (Lipinski definition) is 3. The number of nitrogens with one attached hydrogen (secondary N) is 1. The second-order valence-corrected chi connectivity index (χ2v) is 3.21.